The fourth-order valence-corrected chi connectivity index (χ4v) is 2.06. The molecule has 0 fully saturated rings. The molecule has 0 saturated carbocycles. The van der Waals surface area contributed by atoms with Crippen molar-refractivity contribution in [2.75, 3.05) is 0 Å². The SMILES string of the molecule is C=CC(O)(c1ccccc1)c1cc(Cl)ccc1O. The zero-order valence-electron chi connectivity index (χ0n) is 9.68. The lowest BCUT2D eigenvalue weighted by Crippen LogP contribution is -2.24. The van der Waals surface area contributed by atoms with E-state index < -0.39 is 5.60 Å². The van der Waals surface area contributed by atoms with E-state index in [9.17, 15) is 10.2 Å². The van der Waals surface area contributed by atoms with Gasteiger partial charge in [-0.15, -0.1) is 0 Å². The Morgan fingerprint density at radius 3 is 2.39 bits per heavy atom. The topological polar surface area (TPSA) is 40.5 Å². The minimum atomic E-state index is -1.46. The largest absolute Gasteiger partial charge is 0.508 e. The normalized spacial score (nSPS) is 13.9. The molecule has 2 rings (SSSR count). The van der Waals surface area contributed by atoms with Gasteiger partial charge in [-0.3, -0.25) is 0 Å². The molecule has 0 heterocycles. The van der Waals surface area contributed by atoms with Crippen molar-refractivity contribution < 1.29 is 10.2 Å². The van der Waals surface area contributed by atoms with Crippen molar-refractivity contribution in [3.05, 3.63) is 77.3 Å². The van der Waals surface area contributed by atoms with E-state index in [-0.39, 0.29) is 5.75 Å². The van der Waals surface area contributed by atoms with Crippen LogP contribution in [0.25, 0.3) is 0 Å². The van der Waals surface area contributed by atoms with Crippen molar-refractivity contribution in [3.8, 4) is 5.75 Å². The highest BCUT2D eigenvalue weighted by molar-refractivity contribution is 6.30. The molecule has 0 aliphatic carbocycles. The smallest absolute Gasteiger partial charge is 0.137 e. The van der Waals surface area contributed by atoms with E-state index in [2.05, 4.69) is 6.58 Å². The van der Waals surface area contributed by atoms with Crippen molar-refractivity contribution in [1.29, 1.82) is 0 Å². The highest BCUT2D eigenvalue weighted by Crippen LogP contribution is 2.37. The number of benzene rings is 2. The van der Waals surface area contributed by atoms with Crippen LogP contribution in [-0.4, -0.2) is 10.2 Å². The lowest BCUT2D eigenvalue weighted by Gasteiger charge is -2.26. The first-order valence-corrected chi connectivity index (χ1v) is 5.86. The second-order valence-electron chi connectivity index (χ2n) is 4.00. The molecule has 2 aromatic rings. The molecule has 3 heteroatoms. The van der Waals surface area contributed by atoms with Crippen molar-refractivity contribution >= 4 is 11.6 Å². The van der Waals surface area contributed by atoms with Crippen LogP contribution in [0.15, 0.2) is 61.2 Å². The molecular weight excluding hydrogens is 248 g/mol. The van der Waals surface area contributed by atoms with Crippen molar-refractivity contribution in [2.24, 2.45) is 0 Å². The molecule has 0 aliphatic heterocycles. The van der Waals surface area contributed by atoms with Gasteiger partial charge in [-0.1, -0.05) is 54.6 Å². The maximum Gasteiger partial charge on any atom is 0.137 e. The zero-order valence-corrected chi connectivity index (χ0v) is 10.4. The van der Waals surface area contributed by atoms with E-state index in [4.69, 9.17) is 11.6 Å². The van der Waals surface area contributed by atoms with Gasteiger partial charge < -0.3 is 10.2 Å². The number of hydrogen-bond donors (Lipinski definition) is 2. The molecule has 1 unspecified atom stereocenters. The molecule has 92 valence electrons. The summed E-state index contributed by atoms with van der Waals surface area (Å²) in [5, 5.41) is 21.1. The fourth-order valence-electron chi connectivity index (χ4n) is 1.89. The lowest BCUT2D eigenvalue weighted by molar-refractivity contribution is 0.131. The molecule has 2 aromatic carbocycles. The first-order valence-electron chi connectivity index (χ1n) is 5.48. The monoisotopic (exact) mass is 260 g/mol. The van der Waals surface area contributed by atoms with Crippen LogP contribution in [0.4, 0.5) is 0 Å². The summed E-state index contributed by atoms with van der Waals surface area (Å²) in [7, 11) is 0. The highest BCUT2D eigenvalue weighted by Gasteiger charge is 2.30. The van der Waals surface area contributed by atoms with Gasteiger partial charge in [0.25, 0.3) is 0 Å². The molecule has 2 N–H and O–H groups in total. The van der Waals surface area contributed by atoms with E-state index in [1.807, 2.05) is 18.2 Å². The van der Waals surface area contributed by atoms with E-state index >= 15 is 0 Å². The molecule has 0 bridgehead atoms. The van der Waals surface area contributed by atoms with E-state index in [0.29, 0.717) is 16.1 Å². The van der Waals surface area contributed by atoms with Crippen LogP contribution in [0.1, 0.15) is 11.1 Å². The number of rotatable bonds is 3. The standard InChI is InChI=1S/C15H13ClO2/c1-2-15(18,11-6-4-3-5-7-11)13-10-12(16)8-9-14(13)17/h2-10,17-18H,1H2. The minimum Gasteiger partial charge on any atom is -0.508 e. The average molecular weight is 261 g/mol. The third kappa shape index (κ3) is 2.13. The second kappa shape index (κ2) is 4.84. The number of aromatic hydroxyl groups is 1. The Labute approximate surface area is 111 Å². The van der Waals surface area contributed by atoms with Crippen LogP contribution in [0.5, 0.6) is 5.75 Å². The molecule has 0 spiro atoms. The van der Waals surface area contributed by atoms with Gasteiger partial charge >= 0.3 is 0 Å². The maximum absolute atomic E-state index is 10.7. The summed E-state index contributed by atoms with van der Waals surface area (Å²) in [5.41, 5.74) is -0.523. The van der Waals surface area contributed by atoms with E-state index in [1.54, 1.807) is 18.2 Å². The molecule has 0 aliphatic rings. The minimum absolute atomic E-state index is 0.0225. The first-order chi connectivity index (χ1) is 8.58. The molecule has 1 atom stereocenters. The third-order valence-electron chi connectivity index (χ3n) is 2.88. The van der Waals surface area contributed by atoms with Gasteiger partial charge in [0.15, 0.2) is 0 Å². The first kappa shape index (κ1) is 12.7. The number of halogens is 1. The van der Waals surface area contributed by atoms with Crippen LogP contribution in [-0.2, 0) is 5.60 Å². The Balaban J connectivity index is 2.64. The average Bonchev–Trinajstić information content (AvgIpc) is 2.41. The molecule has 0 saturated heterocycles. The van der Waals surface area contributed by atoms with Crippen molar-refractivity contribution in [1.82, 2.24) is 0 Å². The Kier molecular flexibility index (Phi) is 3.41. The van der Waals surface area contributed by atoms with E-state index in [1.165, 1.54) is 18.2 Å². The van der Waals surface area contributed by atoms with Gasteiger partial charge in [-0.25, -0.2) is 0 Å². The summed E-state index contributed by atoms with van der Waals surface area (Å²) in [5.74, 6) is -0.0225. The number of hydrogen-bond acceptors (Lipinski definition) is 2. The van der Waals surface area contributed by atoms with Crippen LogP contribution < -0.4 is 0 Å². The van der Waals surface area contributed by atoms with Crippen LogP contribution in [0.2, 0.25) is 5.02 Å². The van der Waals surface area contributed by atoms with Crippen molar-refractivity contribution in [3.63, 3.8) is 0 Å². The van der Waals surface area contributed by atoms with Gasteiger partial charge in [0.1, 0.15) is 11.4 Å². The predicted molar refractivity (Wildman–Crippen MR) is 72.8 cm³/mol. The van der Waals surface area contributed by atoms with Gasteiger partial charge in [0, 0.05) is 10.6 Å². The molecular formula is C15H13ClO2. The van der Waals surface area contributed by atoms with E-state index in [0.717, 1.165) is 0 Å². The quantitative estimate of drug-likeness (QED) is 0.830. The third-order valence-corrected chi connectivity index (χ3v) is 3.11. The van der Waals surface area contributed by atoms with Gasteiger partial charge in [-0.2, -0.15) is 0 Å². The van der Waals surface area contributed by atoms with Crippen molar-refractivity contribution in [2.45, 2.75) is 5.60 Å². The second-order valence-corrected chi connectivity index (χ2v) is 4.43. The molecule has 0 amide bonds. The van der Waals surface area contributed by atoms with Crippen LogP contribution in [0.3, 0.4) is 0 Å². The Hall–Kier alpha value is -1.77. The summed E-state index contributed by atoms with van der Waals surface area (Å²) >= 11 is 5.91. The molecule has 18 heavy (non-hydrogen) atoms. The summed E-state index contributed by atoms with van der Waals surface area (Å²) in [6.07, 6.45) is 1.38. The summed E-state index contributed by atoms with van der Waals surface area (Å²) in [4.78, 5) is 0. The lowest BCUT2D eigenvalue weighted by atomic mass is 9.86. The number of aliphatic hydroxyl groups is 1. The maximum atomic E-state index is 10.7. The molecule has 2 nitrogen and oxygen atoms in total. The van der Waals surface area contributed by atoms with Gasteiger partial charge in [-0.05, 0) is 23.8 Å². The Morgan fingerprint density at radius 2 is 1.78 bits per heavy atom. The molecule has 0 radical (unpaired) electrons. The van der Waals surface area contributed by atoms with Gasteiger partial charge in [0.2, 0.25) is 0 Å². The Bertz CT molecular complexity index is 566. The highest BCUT2D eigenvalue weighted by atomic mass is 35.5. The summed E-state index contributed by atoms with van der Waals surface area (Å²) < 4.78 is 0. The Morgan fingerprint density at radius 1 is 1.11 bits per heavy atom. The number of phenols is 1. The molecule has 0 aromatic heterocycles. The predicted octanol–water partition coefficient (Wildman–Crippen LogP) is 3.47. The van der Waals surface area contributed by atoms with Gasteiger partial charge in [0.05, 0.1) is 0 Å². The summed E-state index contributed by atoms with van der Waals surface area (Å²) in [6.45, 7) is 3.65. The van der Waals surface area contributed by atoms with Crippen LogP contribution >= 0.6 is 11.6 Å². The zero-order chi connectivity index (χ0) is 13.2. The number of phenolic OH excluding ortho intramolecular Hbond substituents is 1. The summed E-state index contributed by atoms with van der Waals surface area (Å²) in [6, 6.07) is 13.6. The van der Waals surface area contributed by atoms with Crippen LogP contribution in [0, 0.1) is 0 Å². The fraction of sp³-hybridized carbons (Fsp3) is 0.0667.